The SMILES string of the molecule is CCCCCCC(C)Oc1c(C)cc(-c2ccc(C3CCC(C)CC3)cc2)cc1C. The van der Waals surface area contributed by atoms with E-state index in [1.54, 1.807) is 0 Å². The van der Waals surface area contributed by atoms with Crippen molar-refractivity contribution < 1.29 is 4.74 Å². The summed E-state index contributed by atoms with van der Waals surface area (Å²) in [7, 11) is 0. The fourth-order valence-electron chi connectivity index (χ4n) is 4.96. The van der Waals surface area contributed by atoms with E-state index in [9.17, 15) is 0 Å². The van der Waals surface area contributed by atoms with E-state index in [0.717, 1.165) is 24.0 Å². The lowest BCUT2D eigenvalue weighted by Gasteiger charge is -2.26. The zero-order chi connectivity index (χ0) is 21.5. The Morgan fingerprint density at radius 2 is 1.50 bits per heavy atom. The average Bonchev–Trinajstić information content (AvgIpc) is 2.74. The molecule has 1 fully saturated rings. The second kappa shape index (κ2) is 11.0. The molecule has 30 heavy (non-hydrogen) atoms. The molecule has 2 aromatic rings. The molecule has 164 valence electrons. The molecule has 0 spiro atoms. The largest absolute Gasteiger partial charge is 0.490 e. The predicted octanol–water partition coefficient (Wildman–Crippen LogP) is 9.00. The Labute approximate surface area is 185 Å². The summed E-state index contributed by atoms with van der Waals surface area (Å²) in [6, 6.07) is 14.0. The molecule has 1 aliphatic rings. The Kier molecular flexibility index (Phi) is 8.42. The van der Waals surface area contributed by atoms with Crippen molar-refractivity contribution in [1.29, 1.82) is 0 Å². The van der Waals surface area contributed by atoms with Crippen molar-refractivity contribution in [2.75, 3.05) is 0 Å². The summed E-state index contributed by atoms with van der Waals surface area (Å²) in [6.07, 6.45) is 12.1. The minimum absolute atomic E-state index is 0.280. The van der Waals surface area contributed by atoms with Crippen LogP contribution in [0.25, 0.3) is 11.1 Å². The molecule has 0 amide bonds. The highest BCUT2D eigenvalue weighted by atomic mass is 16.5. The van der Waals surface area contributed by atoms with E-state index >= 15 is 0 Å². The summed E-state index contributed by atoms with van der Waals surface area (Å²) in [5.41, 5.74) is 6.63. The number of ether oxygens (including phenoxy) is 1. The summed E-state index contributed by atoms with van der Waals surface area (Å²) < 4.78 is 6.35. The molecule has 2 aromatic carbocycles. The lowest BCUT2D eigenvalue weighted by Crippen LogP contribution is -2.13. The Balaban J connectivity index is 1.65. The van der Waals surface area contributed by atoms with Crippen molar-refractivity contribution in [2.45, 2.75) is 104 Å². The molecular formula is C29H42O. The minimum Gasteiger partial charge on any atom is -0.490 e. The van der Waals surface area contributed by atoms with E-state index in [0.29, 0.717) is 0 Å². The third-order valence-corrected chi connectivity index (χ3v) is 6.97. The van der Waals surface area contributed by atoms with Crippen molar-refractivity contribution in [2.24, 2.45) is 5.92 Å². The van der Waals surface area contributed by atoms with Crippen LogP contribution in [0.3, 0.4) is 0 Å². The van der Waals surface area contributed by atoms with Crippen LogP contribution >= 0.6 is 0 Å². The first-order valence-electron chi connectivity index (χ1n) is 12.4. The van der Waals surface area contributed by atoms with Crippen LogP contribution in [0.2, 0.25) is 0 Å². The Bertz CT molecular complexity index is 758. The van der Waals surface area contributed by atoms with E-state index in [4.69, 9.17) is 4.74 Å². The summed E-state index contributed by atoms with van der Waals surface area (Å²) in [5.74, 6) is 2.74. The molecule has 1 atom stereocenters. The lowest BCUT2D eigenvalue weighted by molar-refractivity contribution is 0.203. The predicted molar refractivity (Wildman–Crippen MR) is 131 cm³/mol. The van der Waals surface area contributed by atoms with Gasteiger partial charge in [0.15, 0.2) is 0 Å². The highest BCUT2D eigenvalue weighted by Gasteiger charge is 2.19. The van der Waals surface area contributed by atoms with Crippen molar-refractivity contribution in [3.63, 3.8) is 0 Å². The average molecular weight is 407 g/mol. The molecule has 0 saturated heterocycles. The number of benzene rings is 2. The van der Waals surface area contributed by atoms with E-state index in [-0.39, 0.29) is 6.10 Å². The molecule has 0 aliphatic heterocycles. The zero-order valence-electron chi connectivity index (χ0n) is 20.0. The Hall–Kier alpha value is -1.76. The fraction of sp³-hybridized carbons (Fsp3) is 0.586. The normalized spacial score (nSPS) is 20.2. The Morgan fingerprint density at radius 1 is 0.867 bits per heavy atom. The standard InChI is InChI=1S/C29H42O/c1-6-7-8-9-10-24(5)30-29-22(3)19-28(20-23(29)4)27-17-15-26(16-18-27)25-13-11-21(2)12-14-25/h15-21,24-25H,6-14H2,1-5H3. The Morgan fingerprint density at radius 3 is 2.10 bits per heavy atom. The molecule has 1 unspecified atom stereocenters. The maximum absolute atomic E-state index is 6.35. The van der Waals surface area contributed by atoms with Gasteiger partial charge in [0.05, 0.1) is 6.10 Å². The van der Waals surface area contributed by atoms with Crippen LogP contribution in [0.5, 0.6) is 5.75 Å². The van der Waals surface area contributed by atoms with Gasteiger partial charge in [-0.3, -0.25) is 0 Å². The van der Waals surface area contributed by atoms with Gasteiger partial charge >= 0.3 is 0 Å². The van der Waals surface area contributed by atoms with Gasteiger partial charge < -0.3 is 4.74 Å². The van der Waals surface area contributed by atoms with Crippen LogP contribution in [0, 0.1) is 19.8 Å². The molecule has 1 saturated carbocycles. The van der Waals surface area contributed by atoms with E-state index in [2.05, 4.69) is 71.0 Å². The van der Waals surface area contributed by atoms with Crippen LogP contribution in [0.4, 0.5) is 0 Å². The second-order valence-corrected chi connectivity index (χ2v) is 9.80. The highest BCUT2D eigenvalue weighted by Crippen LogP contribution is 2.37. The van der Waals surface area contributed by atoms with Crippen LogP contribution in [0.1, 0.15) is 101 Å². The third-order valence-electron chi connectivity index (χ3n) is 6.97. The van der Waals surface area contributed by atoms with Crippen molar-refractivity contribution in [3.05, 3.63) is 53.1 Å². The molecule has 1 nitrogen and oxygen atoms in total. The van der Waals surface area contributed by atoms with Gasteiger partial charge in [0.2, 0.25) is 0 Å². The molecule has 0 heterocycles. The molecule has 1 aliphatic carbocycles. The van der Waals surface area contributed by atoms with E-state index < -0.39 is 0 Å². The van der Waals surface area contributed by atoms with Gasteiger partial charge in [-0.05, 0) is 98.2 Å². The van der Waals surface area contributed by atoms with Gasteiger partial charge in [-0.1, -0.05) is 70.2 Å². The zero-order valence-corrected chi connectivity index (χ0v) is 20.0. The summed E-state index contributed by atoms with van der Waals surface area (Å²) in [4.78, 5) is 0. The van der Waals surface area contributed by atoms with Crippen LogP contribution in [-0.2, 0) is 0 Å². The van der Waals surface area contributed by atoms with Crippen LogP contribution in [-0.4, -0.2) is 6.10 Å². The first-order chi connectivity index (χ1) is 14.5. The lowest BCUT2D eigenvalue weighted by atomic mass is 9.79. The monoisotopic (exact) mass is 406 g/mol. The minimum atomic E-state index is 0.280. The number of hydrogen-bond donors (Lipinski definition) is 0. The van der Waals surface area contributed by atoms with Gasteiger partial charge in [-0.25, -0.2) is 0 Å². The maximum Gasteiger partial charge on any atom is 0.125 e. The first kappa shape index (κ1) is 22.9. The molecule has 0 aromatic heterocycles. The topological polar surface area (TPSA) is 9.23 Å². The number of aryl methyl sites for hydroxylation is 2. The molecular weight excluding hydrogens is 364 g/mol. The van der Waals surface area contributed by atoms with Crippen molar-refractivity contribution in [3.8, 4) is 16.9 Å². The summed E-state index contributed by atoms with van der Waals surface area (Å²) in [5, 5.41) is 0. The highest BCUT2D eigenvalue weighted by molar-refractivity contribution is 5.67. The molecule has 3 rings (SSSR count). The quantitative estimate of drug-likeness (QED) is 0.377. The molecule has 1 heteroatoms. The molecule has 0 bridgehead atoms. The number of rotatable bonds is 9. The third kappa shape index (κ3) is 6.13. The summed E-state index contributed by atoms with van der Waals surface area (Å²) in [6.45, 7) is 11.2. The summed E-state index contributed by atoms with van der Waals surface area (Å²) >= 11 is 0. The van der Waals surface area contributed by atoms with Gasteiger partial charge in [0.25, 0.3) is 0 Å². The van der Waals surface area contributed by atoms with Crippen molar-refractivity contribution >= 4 is 0 Å². The first-order valence-corrected chi connectivity index (χ1v) is 12.4. The van der Waals surface area contributed by atoms with Gasteiger partial charge in [0.1, 0.15) is 5.75 Å². The number of hydrogen-bond acceptors (Lipinski definition) is 1. The maximum atomic E-state index is 6.35. The fourth-order valence-corrected chi connectivity index (χ4v) is 4.96. The molecule has 0 radical (unpaired) electrons. The van der Waals surface area contributed by atoms with E-state index in [1.807, 2.05) is 0 Å². The van der Waals surface area contributed by atoms with Crippen LogP contribution in [0.15, 0.2) is 36.4 Å². The van der Waals surface area contributed by atoms with Crippen molar-refractivity contribution in [1.82, 2.24) is 0 Å². The number of unbranched alkanes of at least 4 members (excludes halogenated alkanes) is 3. The van der Waals surface area contributed by atoms with Crippen LogP contribution < -0.4 is 4.74 Å². The van der Waals surface area contributed by atoms with Gasteiger partial charge in [-0.15, -0.1) is 0 Å². The second-order valence-electron chi connectivity index (χ2n) is 9.80. The van der Waals surface area contributed by atoms with Gasteiger partial charge in [0, 0.05) is 0 Å². The van der Waals surface area contributed by atoms with Gasteiger partial charge in [-0.2, -0.15) is 0 Å². The smallest absolute Gasteiger partial charge is 0.125 e. The van der Waals surface area contributed by atoms with E-state index in [1.165, 1.54) is 79.2 Å². The molecule has 0 N–H and O–H groups in total.